The van der Waals surface area contributed by atoms with E-state index in [1.807, 2.05) is 24.3 Å². The average Bonchev–Trinajstić information content (AvgIpc) is 2.57. The lowest BCUT2D eigenvalue weighted by Crippen LogP contribution is -2.18. The van der Waals surface area contributed by atoms with Crippen molar-refractivity contribution in [3.63, 3.8) is 0 Å². The highest BCUT2D eigenvalue weighted by molar-refractivity contribution is 6.06. The molecule has 5 nitrogen and oxygen atoms in total. The van der Waals surface area contributed by atoms with E-state index >= 15 is 0 Å². The van der Waals surface area contributed by atoms with E-state index in [0.29, 0.717) is 17.2 Å². The second-order valence-corrected chi connectivity index (χ2v) is 5.43. The maximum Gasteiger partial charge on any atom is 0.272 e. The number of aryl methyl sites for hydroxylation is 2. The zero-order chi connectivity index (χ0) is 16.2. The molecule has 0 unspecified atom stereocenters. The molecule has 0 bridgehead atoms. The lowest BCUT2D eigenvalue weighted by atomic mass is 10.0. The van der Waals surface area contributed by atoms with E-state index in [4.69, 9.17) is 5.73 Å². The molecule has 23 heavy (non-hydrogen) atoms. The van der Waals surface area contributed by atoms with Crippen LogP contribution in [0, 0.1) is 0 Å². The van der Waals surface area contributed by atoms with Gasteiger partial charge in [-0.2, -0.15) is 5.10 Å². The number of H-pyrrole nitrogens is 1. The van der Waals surface area contributed by atoms with Crippen LogP contribution < -0.4 is 11.3 Å². The van der Waals surface area contributed by atoms with E-state index in [9.17, 15) is 9.59 Å². The molecule has 0 aliphatic carbocycles. The van der Waals surface area contributed by atoms with E-state index in [-0.39, 0.29) is 11.1 Å². The molecular weight excluding hydrogens is 290 g/mol. The number of aromatic nitrogens is 2. The van der Waals surface area contributed by atoms with Gasteiger partial charge in [0.05, 0.1) is 16.6 Å². The van der Waals surface area contributed by atoms with Crippen molar-refractivity contribution in [2.75, 3.05) is 0 Å². The van der Waals surface area contributed by atoms with Crippen molar-refractivity contribution in [3.05, 3.63) is 75.7 Å². The number of carbonyl (C=O) groups is 1. The molecule has 0 saturated carbocycles. The SMILES string of the molecule is NC(=O)c1cccc2c(CCCc3ccccc3)n[nH]c(=O)c12. The molecule has 0 radical (unpaired) electrons. The molecule has 0 saturated heterocycles. The fourth-order valence-corrected chi connectivity index (χ4v) is 2.77. The largest absolute Gasteiger partial charge is 0.366 e. The fourth-order valence-electron chi connectivity index (χ4n) is 2.77. The number of carbonyl (C=O) groups excluding carboxylic acids is 1. The fraction of sp³-hybridized carbons (Fsp3) is 0.167. The van der Waals surface area contributed by atoms with Crippen molar-refractivity contribution >= 4 is 16.7 Å². The highest BCUT2D eigenvalue weighted by Crippen LogP contribution is 2.18. The minimum atomic E-state index is -0.609. The Morgan fingerprint density at radius 2 is 1.83 bits per heavy atom. The molecule has 3 N–H and O–H groups in total. The zero-order valence-corrected chi connectivity index (χ0v) is 12.6. The first-order valence-corrected chi connectivity index (χ1v) is 7.51. The van der Waals surface area contributed by atoms with Gasteiger partial charge in [-0.05, 0) is 30.9 Å². The van der Waals surface area contributed by atoms with Crippen LogP contribution in [0.15, 0.2) is 53.3 Å². The van der Waals surface area contributed by atoms with Gasteiger partial charge in [-0.25, -0.2) is 5.10 Å². The second kappa shape index (κ2) is 6.44. The predicted octanol–water partition coefficient (Wildman–Crippen LogP) is 2.20. The lowest BCUT2D eigenvalue weighted by Gasteiger charge is -2.07. The number of hydrogen-bond acceptors (Lipinski definition) is 3. The molecule has 1 aromatic heterocycles. The van der Waals surface area contributed by atoms with Gasteiger partial charge in [0.2, 0.25) is 5.91 Å². The Labute approximate surface area is 133 Å². The Bertz CT molecular complexity index is 901. The molecule has 0 aliphatic rings. The van der Waals surface area contributed by atoms with Gasteiger partial charge in [-0.15, -0.1) is 0 Å². The monoisotopic (exact) mass is 307 g/mol. The van der Waals surface area contributed by atoms with E-state index in [1.165, 1.54) is 5.56 Å². The number of primary amides is 1. The summed E-state index contributed by atoms with van der Waals surface area (Å²) < 4.78 is 0. The molecule has 116 valence electrons. The maximum absolute atomic E-state index is 12.0. The predicted molar refractivity (Wildman–Crippen MR) is 89.3 cm³/mol. The summed E-state index contributed by atoms with van der Waals surface area (Å²) >= 11 is 0. The first-order valence-electron chi connectivity index (χ1n) is 7.51. The third-order valence-corrected chi connectivity index (χ3v) is 3.88. The second-order valence-electron chi connectivity index (χ2n) is 5.43. The van der Waals surface area contributed by atoms with Crippen molar-refractivity contribution in [2.24, 2.45) is 5.73 Å². The van der Waals surface area contributed by atoms with E-state index < -0.39 is 5.91 Å². The third-order valence-electron chi connectivity index (χ3n) is 3.88. The quantitative estimate of drug-likeness (QED) is 0.757. The lowest BCUT2D eigenvalue weighted by molar-refractivity contribution is 0.100. The molecule has 1 heterocycles. The van der Waals surface area contributed by atoms with E-state index in [1.54, 1.807) is 12.1 Å². The topological polar surface area (TPSA) is 88.8 Å². The molecule has 5 heteroatoms. The van der Waals surface area contributed by atoms with Gasteiger partial charge in [0.1, 0.15) is 0 Å². The van der Waals surface area contributed by atoms with E-state index in [0.717, 1.165) is 18.5 Å². The Morgan fingerprint density at radius 1 is 1.04 bits per heavy atom. The van der Waals surface area contributed by atoms with Crippen LogP contribution >= 0.6 is 0 Å². The van der Waals surface area contributed by atoms with Crippen LogP contribution in [-0.4, -0.2) is 16.1 Å². The Morgan fingerprint density at radius 3 is 2.57 bits per heavy atom. The number of nitrogens with two attached hydrogens (primary N) is 1. The summed E-state index contributed by atoms with van der Waals surface area (Å²) in [6, 6.07) is 15.3. The van der Waals surface area contributed by atoms with Gasteiger partial charge in [0.15, 0.2) is 0 Å². The molecule has 0 atom stereocenters. The molecular formula is C18H17N3O2. The molecule has 0 aliphatic heterocycles. The highest BCUT2D eigenvalue weighted by atomic mass is 16.1. The number of benzene rings is 2. The van der Waals surface area contributed by atoms with Gasteiger partial charge < -0.3 is 5.73 Å². The van der Waals surface area contributed by atoms with Crippen LogP contribution in [0.3, 0.4) is 0 Å². The van der Waals surface area contributed by atoms with Crippen molar-refractivity contribution in [1.82, 2.24) is 10.2 Å². The summed E-state index contributed by atoms with van der Waals surface area (Å²) in [4.78, 5) is 23.6. The summed E-state index contributed by atoms with van der Waals surface area (Å²) in [7, 11) is 0. The van der Waals surface area contributed by atoms with Crippen LogP contribution in [0.5, 0.6) is 0 Å². The first kappa shape index (κ1) is 15.0. The highest BCUT2D eigenvalue weighted by Gasteiger charge is 2.13. The van der Waals surface area contributed by atoms with Crippen LogP contribution in [0.4, 0.5) is 0 Å². The van der Waals surface area contributed by atoms with Crippen LogP contribution in [-0.2, 0) is 12.8 Å². The first-order chi connectivity index (χ1) is 11.2. The van der Waals surface area contributed by atoms with Gasteiger partial charge in [-0.3, -0.25) is 9.59 Å². The van der Waals surface area contributed by atoms with Gasteiger partial charge in [0, 0.05) is 5.39 Å². The summed E-state index contributed by atoms with van der Waals surface area (Å²) in [5.41, 5.74) is 7.25. The Balaban J connectivity index is 1.90. The Kier molecular flexibility index (Phi) is 4.19. The standard InChI is InChI=1S/C18H17N3O2/c19-17(22)14-10-5-9-13-15(20-21-18(23)16(13)14)11-4-8-12-6-2-1-3-7-12/h1-3,5-7,9-10H,4,8,11H2,(H2,19,22)(H,21,23). The molecule has 2 aromatic carbocycles. The van der Waals surface area contributed by atoms with Gasteiger partial charge in [0.25, 0.3) is 5.56 Å². The maximum atomic E-state index is 12.0. The zero-order valence-electron chi connectivity index (χ0n) is 12.6. The van der Waals surface area contributed by atoms with Gasteiger partial charge >= 0.3 is 0 Å². The summed E-state index contributed by atoms with van der Waals surface area (Å²) in [6.45, 7) is 0. The number of amides is 1. The molecule has 1 amide bonds. The van der Waals surface area contributed by atoms with Crippen LogP contribution in [0.2, 0.25) is 0 Å². The summed E-state index contributed by atoms with van der Waals surface area (Å²) in [6.07, 6.45) is 2.54. The van der Waals surface area contributed by atoms with Crippen molar-refractivity contribution in [3.8, 4) is 0 Å². The van der Waals surface area contributed by atoms with Crippen LogP contribution in [0.1, 0.15) is 28.0 Å². The number of rotatable bonds is 5. The third kappa shape index (κ3) is 3.13. The number of nitrogens with one attached hydrogen (secondary N) is 1. The van der Waals surface area contributed by atoms with E-state index in [2.05, 4.69) is 22.3 Å². The van der Waals surface area contributed by atoms with Crippen LogP contribution in [0.25, 0.3) is 10.8 Å². The molecule has 0 fully saturated rings. The molecule has 3 aromatic rings. The normalized spacial score (nSPS) is 10.8. The molecule has 0 spiro atoms. The van der Waals surface area contributed by atoms with Crippen molar-refractivity contribution in [2.45, 2.75) is 19.3 Å². The number of aromatic amines is 1. The minimum Gasteiger partial charge on any atom is -0.366 e. The smallest absolute Gasteiger partial charge is 0.272 e. The molecule has 3 rings (SSSR count). The summed E-state index contributed by atoms with van der Waals surface area (Å²) in [5, 5.41) is 7.64. The van der Waals surface area contributed by atoms with Gasteiger partial charge in [-0.1, -0.05) is 42.5 Å². The number of hydrogen-bond donors (Lipinski definition) is 2. The average molecular weight is 307 g/mol. The number of fused-ring (bicyclic) bond motifs is 1. The Hall–Kier alpha value is -2.95. The van der Waals surface area contributed by atoms with Crippen molar-refractivity contribution < 1.29 is 4.79 Å². The minimum absolute atomic E-state index is 0.232. The van der Waals surface area contributed by atoms with Crippen molar-refractivity contribution in [1.29, 1.82) is 0 Å². The number of nitrogens with zero attached hydrogens (tertiary/aromatic N) is 1. The summed E-state index contributed by atoms with van der Waals surface area (Å²) in [5.74, 6) is -0.609.